The molecule has 0 radical (unpaired) electrons. The Hall–Kier alpha value is -2.05. The summed E-state index contributed by atoms with van der Waals surface area (Å²) in [5.41, 5.74) is 0. The Morgan fingerprint density at radius 3 is 2.38 bits per heavy atom. The molecule has 2 rings (SSSR count). The van der Waals surface area contributed by atoms with Crippen LogP contribution in [0.1, 0.15) is 44.8 Å². The van der Waals surface area contributed by atoms with Crippen molar-refractivity contribution in [2.75, 3.05) is 13.2 Å². The first-order valence-corrected chi connectivity index (χ1v) is 9.18. The largest absolute Gasteiger partial charge is 0.467 e. The third-order valence-electron chi connectivity index (χ3n) is 4.25. The van der Waals surface area contributed by atoms with Crippen LogP contribution in [0.5, 0.6) is 0 Å². The molecule has 144 valence electrons. The summed E-state index contributed by atoms with van der Waals surface area (Å²) in [6.07, 6.45) is 8.66. The number of furan rings is 1. The predicted molar refractivity (Wildman–Crippen MR) is 98.3 cm³/mol. The van der Waals surface area contributed by atoms with Crippen LogP contribution in [0.15, 0.2) is 48.1 Å². The van der Waals surface area contributed by atoms with Crippen molar-refractivity contribution in [2.45, 2.75) is 57.6 Å². The van der Waals surface area contributed by atoms with Crippen LogP contribution in [-0.2, 0) is 20.8 Å². The molecular formula is C20H29NO5. The molecule has 1 aromatic heterocycles. The average molecular weight is 363 g/mol. The molecule has 0 spiro atoms. The lowest BCUT2D eigenvalue weighted by Crippen LogP contribution is -2.49. The highest BCUT2D eigenvalue weighted by atomic mass is 16.9. The van der Waals surface area contributed by atoms with Gasteiger partial charge in [-0.25, -0.2) is 4.79 Å². The molecule has 0 N–H and O–H groups in total. The summed E-state index contributed by atoms with van der Waals surface area (Å²) in [5.74, 6) is -0.699. The minimum Gasteiger partial charge on any atom is -0.467 e. The lowest BCUT2D eigenvalue weighted by atomic mass is 10.1. The number of carbonyl (C=O) groups excluding carboxylic acids is 1. The number of unbranched alkanes of at least 4 members (excludes halogenated alkanes) is 2. The summed E-state index contributed by atoms with van der Waals surface area (Å²) in [4.78, 5) is 14.1. The van der Waals surface area contributed by atoms with E-state index in [-0.39, 0.29) is 6.04 Å². The number of cyclic esters (lactones) is 1. The van der Waals surface area contributed by atoms with Gasteiger partial charge >= 0.3 is 12.1 Å². The Labute approximate surface area is 155 Å². The molecule has 1 unspecified atom stereocenters. The van der Waals surface area contributed by atoms with Crippen molar-refractivity contribution in [1.82, 2.24) is 4.90 Å². The highest BCUT2D eigenvalue weighted by molar-refractivity contribution is 5.71. The fourth-order valence-corrected chi connectivity index (χ4v) is 2.96. The zero-order chi connectivity index (χ0) is 18.8. The second-order valence-corrected chi connectivity index (χ2v) is 6.16. The van der Waals surface area contributed by atoms with Crippen LogP contribution in [0.2, 0.25) is 0 Å². The van der Waals surface area contributed by atoms with Crippen LogP contribution in [0.4, 0.5) is 4.79 Å². The topological polar surface area (TPSA) is 61.1 Å². The highest BCUT2D eigenvalue weighted by Crippen LogP contribution is 2.36. The lowest BCUT2D eigenvalue weighted by Gasteiger charge is -2.33. The molecule has 26 heavy (non-hydrogen) atoms. The van der Waals surface area contributed by atoms with Crippen molar-refractivity contribution in [3.8, 4) is 0 Å². The van der Waals surface area contributed by atoms with E-state index in [1.165, 1.54) is 0 Å². The number of hydrogen-bond acceptors (Lipinski definition) is 5. The maximum Gasteiger partial charge on any atom is 0.415 e. The van der Waals surface area contributed by atoms with Gasteiger partial charge in [0.1, 0.15) is 11.8 Å². The molecule has 0 bridgehead atoms. The van der Waals surface area contributed by atoms with Gasteiger partial charge in [0.2, 0.25) is 0 Å². The van der Waals surface area contributed by atoms with E-state index in [4.69, 9.17) is 18.6 Å². The Morgan fingerprint density at radius 2 is 1.88 bits per heavy atom. The van der Waals surface area contributed by atoms with Crippen molar-refractivity contribution < 1.29 is 23.4 Å². The van der Waals surface area contributed by atoms with Crippen molar-refractivity contribution in [3.63, 3.8) is 0 Å². The fraction of sp³-hybridized carbons (Fsp3) is 0.550. The summed E-state index contributed by atoms with van der Waals surface area (Å²) >= 11 is 0. The third kappa shape index (κ3) is 4.99. The smallest absolute Gasteiger partial charge is 0.415 e. The van der Waals surface area contributed by atoms with Gasteiger partial charge in [0.15, 0.2) is 0 Å². The minimum atomic E-state index is -1.39. The molecule has 1 aromatic rings. The van der Waals surface area contributed by atoms with Gasteiger partial charge in [0, 0.05) is 0 Å². The number of hydrogen-bond donors (Lipinski definition) is 0. The van der Waals surface area contributed by atoms with Gasteiger partial charge in [-0.15, -0.1) is 13.2 Å². The molecule has 1 saturated heterocycles. The number of rotatable bonds is 13. The van der Waals surface area contributed by atoms with Crippen LogP contribution in [-0.4, -0.2) is 36.2 Å². The molecule has 1 amide bonds. The Bertz CT molecular complexity index is 553. The van der Waals surface area contributed by atoms with Crippen LogP contribution in [0.3, 0.4) is 0 Å². The van der Waals surface area contributed by atoms with E-state index in [1.54, 1.807) is 17.2 Å². The molecule has 0 aromatic carbocycles. The number of nitrogens with zero attached hydrogens (tertiary/aromatic N) is 1. The van der Waals surface area contributed by atoms with Crippen molar-refractivity contribution >= 4 is 6.09 Å². The molecule has 2 heterocycles. The Kier molecular flexibility index (Phi) is 7.94. The van der Waals surface area contributed by atoms with Crippen molar-refractivity contribution in [2.24, 2.45) is 0 Å². The standard InChI is InChI=1S/C20H29NO5/c1-4-7-9-14-24-20(25-15-10-8-5-2)18(6-3)21(19(22)26-20)16-17-12-11-13-23-17/h4-5,11-13,18H,1-2,6-10,14-16H2,3H3. The first kappa shape index (κ1) is 20.3. The van der Waals surface area contributed by atoms with E-state index in [0.717, 1.165) is 25.7 Å². The maximum absolute atomic E-state index is 12.5. The van der Waals surface area contributed by atoms with Gasteiger partial charge < -0.3 is 18.6 Å². The van der Waals surface area contributed by atoms with Gasteiger partial charge in [-0.3, -0.25) is 4.90 Å². The summed E-state index contributed by atoms with van der Waals surface area (Å²) in [6, 6.07) is 3.27. The zero-order valence-corrected chi connectivity index (χ0v) is 15.5. The first-order valence-electron chi connectivity index (χ1n) is 9.18. The number of carbonyl (C=O) groups is 1. The van der Waals surface area contributed by atoms with E-state index >= 15 is 0 Å². The van der Waals surface area contributed by atoms with E-state index in [9.17, 15) is 4.79 Å². The van der Waals surface area contributed by atoms with Crippen LogP contribution in [0.25, 0.3) is 0 Å². The Morgan fingerprint density at radius 1 is 1.23 bits per heavy atom. The van der Waals surface area contributed by atoms with Gasteiger partial charge in [0.25, 0.3) is 0 Å². The molecule has 1 fully saturated rings. The van der Waals surface area contributed by atoms with Crippen LogP contribution < -0.4 is 0 Å². The predicted octanol–water partition coefficient (Wildman–Crippen LogP) is 4.63. The summed E-state index contributed by atoms with van der Waals surface area (Å²) in [7, 11) is 0. The first-order chi connectivity index (χ1) is 12.7. The SMILES string of the molecule is C=CCCCOC1(OCCCC=C)OC(=O)N(Cc2ccco2)C1CC. The molecule has 0 aliphatic carbocycles. The maximum atomic E-state index is 12.5. The number of amides is 1. The number of ether oxygens (including phenoxy) is 3. The van der Waals surface area contributed by atoms with Crippen LogP contribution >= 0.6 is 0 Å². The van der Waals surface area contributed by atoms with Gasteiger partial charge in [-0.05, 0) is 44.2 Å². The normalized spacial score (nSPS) is 18.7. The van der Waals surface area contributed by atoms with Gasteiger partial charge in [-0.2, -0.15) is 0 Å². The number of allylic oxidation sites excluding steroid dienone is 2. The molecular weight excluding hydrogens is 334 g/mol. The van der Waals surface area contributed by atoms with Gasteiger partial charge in [-0.1, -0.05) is 19.1 Å². The van der Waals surface area contributed by atoms with Crippen molar-refractivity contribution in [1.29, 1.82) is 0 Å². The summed E-state index contributed by atoms with van der Waals surface area (Å²) in [5, 5.41) is 0. The van der Waals surface area contributed by atoms with E-state index in [0.29, 0.717) is 31.9 Å². The monoisotopic (exact) mass is 363 g/mol. The van der Waals surface area contributed by atoms with E-state index < -0.39 is 12.1 Å². The quantitative estimate of drug-likeness (QED) is 0.290. The molecule has 1 aliphatic rings. The van der Waals surface area contributed by atoms with Gasteiger partial charge in [0.05, 0.1) is 26.0 Å². The highest BCUT2D eigenvalue weighted by Gasteiger charge is 2.56. The molecule has 1 atom stereocenters. The second kappa shape index (κ2) is 10.2. The third-order valence-corrected chi connectivity index (χ3v) is 4.25. The molecule has 6 heteroatoms. The molecule has 0 saturated carbocycles. The second-order valence-electron chi connectivity index (χ2n) is 6.16. The molecule has 6 nitrogen and oxygen atoms in total. The minimum absolute atomic E-state index is 0.318. The fourth-order valence-electron chi connectivity index (χ4n) is 2.96. The van der Waals surface area contributed by atoms with E-state index in [1.807, 2.05) is 25.1 Å². The summed E-state index contributed by atoms with van der Waals surface area (Å²) in [6.45, 7) is 10.6. The lowest BCUT2D eigenvalue weighted by molar-refractivity contribution is -0.354. The zero-order valence-electron chi connectivity index (χ0n) is 15.5. The summed E-state index contributed by atoms with van der Waals surface area (Å²) < 4.78 is 23.0. The Balaban J connectivity index is 2.12. The van der Waals surface area contributed by atoms with E-state index in [2.05, 4.69) is 13.2 Å². The van der Waals surface area contributed by atoms with Crippen molar-refractivity contribution in [3.05, 3.63) is 49.5 Å². The average Bonchev–Trinajstić information content (AvgIpc) is 3.23. The van der Waals surface area contributed by atoms with Crippen LogP contribution in [0, 0.1) is 0 Å². The molecule has 1 aliphatic heterocycles.